The van der Waals surface area contributed by atoms with Crippen molar-refractivity contribution in [3.8, 4) is 0 Å². The van der Waals surface area contributed by atoms with E-state index >= 15 is 0 Å². The largest absolute Gasteiger partial charge is 0.330 e. The van der Waals surface area contributed by atoms with Crippen LogP contribution in [0.2, 0.25) is 0 Å². The standard InChI is InChI=1S/C10H22N2/c1-3-10(4-6-11)12-7-5-9(2)8-12/h9-10H,3-8,11H2,1-2H3. The average Bonchev–Trinajstić information content (AvgIpc) is 2.47. The van der Waals surface area contributed by atoms with Crippen molar-refractivity contribution in [3.63, 3.8) is 0 Å². The van der Waals surface area contributed by atoms with Gasteiger partial charge < -0.3 is 10.6 Å². The quantitative estimate of drug-likeness (QED) is 0.692. The summed E-state index contributed by atoms with van der Waals surface area (Å²) >= 11 is 0. The lowest BCUT2D eigenvalue weighted by Gasteiger charge is -2.26. The first-order valence-electron chi connectivity index (χ1n) is 5.22. The van der Waals surface area contributed by atoms with Crippen LogP contribution in [0, 0.1) is 5.92 Å². The molecule has 2 atom stereocenters. The van der Waals surface area contributed by atoms with Crippen molar-refractivity contribution in [2.75, 3.05) is 19.6 Å². The van der Waals surface area contributed by atoms with Crippen LogP contribution < -0.4 is 5.73 Å². The van der Waals surface area contributed by atoms with Gasteiger partial charge in [0.25, 0.3) is 0 Å². The fourth-order valence-corrected chi connectivity index (χ4v) is 2.14. The van der Waals surface area contributed by atoms with E-state index in [1.165, 1.54) is 32.4 Å². The molecule has 0 aromatic heterocycles. The molecule has 2 heteroatoms. The Morgan fingerprint density at radius 2 is 2.33 bits per heavy atom. The molecular weight excluding hydrogens is 148 g/mol. The van der Waals surface area contributed by atoms with Gasteiger partial charge in [-0.15, -0.1) is 0 Å². The summed E-state index contributed by atoms with van der Waals surface area (Å²) in [4.78, 5) is 2.61. The Bertz CT molecular complexity index is 123. The van der Waals surface area contributed by atoms with Crippen LogP contribution in [0.25, 0.3) is 0 Å². The van der Waals surface area contributed by atoms with Gasteiger partial charge in [-0.3, -0.25) is 0 Å². The Morgan fingerprint density at radius 3 is 2.75 bits per heavy atom. The van der Waals surface area contributed by atoms with Crippen LogP contribution in [-0.2, 0) is 0 Å². The van der Waals surface area contributed by atoms with Crippen LogP contribution in [0.3, 0.4) is 0 Å². The van der Waals surface area contributed by atoms with Crippen molar-refractivity contribution in [2.24, 2.45) is 11.7 Å². The van der Waals surface area contributed by atoms with Crippen LogP contribution in [0.4, 0.5) is 0 Å². The molecule has 1 heterocycles. The van der Waals surface area contributed by atoms with Gasteiger partial charge in [0.2, 0.25) is 0 Å². The third kappa shape index (κ3) is 2.46. The number of rotatable bonds is 4. The number of hydrogen-bond acceptors (Lipinski definition) is 2. The summed E-state index contributed by atoms with van der Waals surface area (Å²) in [5, 5.41) is 0. The topological polar surface area (TPSA) is 29.3 Å². The van der Waals surface area contributed by atoms with Gasteiger partial charge in [-0.1, -0.05) is 13.8 Å². The first-order valence-corrected chi connectivity index (χ1v) is 5.22. The molecule has 1 rings (SSSR count). The Kier molecular flexibility index (Phi) is 4.02. The lowest BCUT2D eigenvalue weighted by Crippen LogP contribution is -2.34. The van der Waals surface area contributed by atoms with E-state index in [4.69, 9.17) is 5.73 Å². The lowest BCUT2D eigenvalue weighted by atomic mass is 10.1. The van der Waals surface area contributed by atoms with Crippen LogP contribution in [-0.4, -0.2) is 30.6 Å². The first kappa shape index (κ1) is 10.0. The molecule has 0 aromatic carbocycles. The molecule has 1 aliphatic rings. The highest BCUT2D eigenvalue weighted by molar-refractivity contribution is 4.78. The monoisotopic (exact) mass is 170 g/mol. The third-order valence-electron chi connectivity index (χ3n) is 2.94. The van der Waals surface area contributed by atoms with Gasteiger partial charge in [-0.05, 0) is 38.3 Å². The zero-order chi connectivity index (χ0) is 8.97. The van der Waals surface area contributed by atoms with Gasteiger partial charge in [0.05, 0.1) is 0 Å². The van der Waals surface area contributed by atoms with Gasteiger partial charge in [0.15, 0.2) is 0 Å². The Labute approximate surface area is 76.1 Å². The molecule has 1 saturated heterocycles. The molecular formula is C10H22N2. The smallest absolute Gasteiger partial charge is 0.0105 e. The number of likely N-dealkylation sites (tertiary alicyclic amines) is 1. The van der Waals surface area contributed by atoms with Crippen LogP contribution in [0.5, 0.6) is 0 Å². The summed E-state index contributed by atoms with van der Waals surface area (Å²) in [7, 11) is 0. The molecule has 1 aliphatic heterocycles. The predicted octanol–water partition coefficient (Wildman–Crippen LogP) is 1.46. The minimum Gasteiger partial charge on any atom is -0.330 e. The normalized spacial score (nSPS) is 27.8. The summed E-state index contributed by atoms with van der Waals surface area (Å²) in [6, 6.07) is 0.750. The summed E-state index contributed by atoms with van der Waals surface area (Å²) in [5.74, 6) is 0.900. The van der Waals surface area contributed by atoms with Crippen molar-refractivity contribution < 1.29 is 0 Å². The highest BCUT2D eigenvalue weighted by Crippen LogP contribution is 2.20. The third-order valence-corrected chi connectivity index (χ3v) is 2.94. The molecule has 12 heavy (non-hydrogen) atoms. The number of nitrogens with zero attached hydrogens (tertiary/aromatic N) is 1. The zero-order valence-corrected chi connectivity index (χ0v) is 8.42. The van der Waals surface area contributed by atoms with Gasteiger partial charge in [0, 0.05) is 12.6 Å². The predicted molar refractivity (Wildman–Crippen MR) is 53.1 cm³/mol. The van der Waals surface area contributed by atoms with Crippen molar-refractivity contribution in [1.82, 2.24) is 4.90 Å². The van der Waals surface area contributed by atoms with E-state index in [2.05, 4.69) is 18.7 Å². The maximum Gasteiger partial charge on any atom is 0.0105 e. The minimum absolute atomic E-state index is 0.750. The van der Waals surface area contributed by atoms with Gasteiger partial charge in [0.1, 0.15) is 0 Å². The van der Waals surface area contributed by atoms with Crippen molar-refractivity contribution >= 4 is 0 Å². The van der Waals surface area contributed by atoms with Crippen molar-refractivity contribution in [3.05, 3.63) is 0 Å². The second-order valence-corrected chi connectivity index (χ2v) is 4.03. The van der Waals surface area contributed by atoms with Crippen LogP contribution in [0.1, 0.15) is 33.1 Å². The Morgan fingerprint density at radius 1 is 1.58 bits per heavy atom. The van der Waals surface area contributed by atoms with Crippen LogP contribution in [0.15, 0.2) is 0 Å². The lowest BCUT2D eigenvalue weighted by molar-refractivity contribution is 0.220. The fraction of sp³-hybridized carbons (Fsp3) is 1.00. The van der Waals surface area contributed by atoms with E-state index in [1.807, 2.05) is 0 Å². The average molecular weight is 170 g/mol. The summed E-state index contributed by atoms with van der Waals surface area (Å²) < 4.78 is 0. The van der Waals surface area contributed by atoms with E-state index < -0.39 is 0 Å². The maximum absolute atomic E-state index is 5.58. The first-order chi connectivity index (χ1) is 5.77. The van der Waals surface area contributed by atoms with E-state index in [9.17, 15) is 0 Å². The molecule has 2 N–H and O–H groups in total. The molecule has 0 aromatic rings. The highest BCUT2D eigenvalue weighted by atomic mass is 15.2. The van der Waals surface area contributed by atoms with Gasteiger partial charge >= 0.3 is 0 Å². The maximum atomic E-state index is 5.58. The SMILES string of the molecule is CCC(CCN)N1CCC(C)C1. The summed E-state index contributed by atoms with van der Waals surface area (Å²) in [6.45, 7) is 8.03. The van der Waals surface area contributed by atoms with Crippen molar-refractivity contribution in [1.29, 1.82) is 0 Å². The molecule has 72 valence electrons. The molecule has 0 amide bonds. The number of hydrogen-bond donors (Lipinski definition) is 1. The number of nitrogens with two attached hydrogens (primary N) is 1. The van der Waals surface area contributed by atoms with E-state index in [0.717, 1.165) is 18.5 Å². The Balaban J connectivity index is 2.33. The molecule has 2 unspecified atom stereocenters. The zero-order valence-electron chi connectivity index (χ0n) is 8.42. The van der Waals surface area contributed by atoms with E-state index in [-0.39, 0.29) is 0 Å². The van der Waals surface area contributed by atoms with Gasteiger partial charge in [-0.2, -0.15) is 0 Å². The van der Waals surface area contributed by atoms with E-state index in [1.54, 1.807) is 0 Å². The minimum atomic E-state index is 0.750. The molecule has 0 spiro atoms. The summed E-state index contributed by atoms with van der Waals surface area (Å²) in [5.41, 5.74) is 5.58. The van der Waals surface area contributed by atoms with E-state index in [0.29, 0.717) is 0 Å². The molecule has 0 saturated carbocycles. The Hall–Kier alpha value is -0.0800. The molecule has 2 nitrogen and oxygen atoms in total. The summed E-state index contributed by atoms with van der Waals surface area (Å²) in [6.07, 6.45) is 3.80. The van der Waals surface area contributed by atoms with Crippen LogP contribution >= 0.6 is 0 Å². The second kappa shape index (κ2) is 4.83. The van der Waals surface area contributed by atoms with Crippen molar-refractivity contribution in [2.45, 2.75) is 39.2 Å². The molecule has 0 aliphatic carbocycles. The fourth-order valence-electron chi connectivity index (χ4n) is 2.14. The second-order valence-electron chi connectivity index (χ2n) is 4.03. The highest BCUT2D eigenvalue weighted by Gasteiger charge is 2.23. The molecule has 0 radical (unpaired) electrons. The van der Waals surface area contributed by atoms with Gasteiger partial charge in [-0.25, -0.2) is 0 Å². The molecule has 1 fully saturated rings. The molecule has 0 bridgehead atoms.